The van der Waals surface area contributed by atoms with E-state index in [-0.39, 0.29) is 17.4 Å². The average molecular weight is 402 g/mol. The highest BCUT2D eigenvalue weighted by atomic mass is 16.3. The van der Waals surface area contributed by atoms with Gasteiger partial charge in [-0.05, 0) is 75.1 Å². The molecule has 0 radical (unpaired) electrons. The molecule has 0 saturated heterocycles. The highest BCUT2D eigenvalue weighted by Crippen LogP contribution is 2.49. The van der Waals surface area contributed by atoms with Crippen molar-refractivity contribution in [2.75, 3.05) is 0 Å². The number of hydrogen-bond donors (Lipinski definition) is 1. The van der Waals surface area contributed by atoms with E-state index in [1.54, 1.807) is 12.1 Å². The first-order valence-electron chi connectivity index (χ1n) is 10.9. The number of hydrogen-bond acceptors (Lipinski definition) is 3. The Morgan fingerprint density at radius 1 is 1.07 bits per heavy atom. The Bertz CT molecular complexity index is 1160. The van der Waals surface area contributed by atoms with Crippen LogP contribution in [0.5, 0.6) is 0 Å². The number of benzene rings is 2. The Hall–Kier alpha value is -2.88. The number of fused-ring (bicyclic) bond motifs is 3. The summed E-state index contributed by atoms with van der Waals surface area (Å²) in [5, 5.41) is 3.80. The van der Waals surface area contributed by atoms with Gasteiger partial charge in [0.25, 0.3) is 5.91 Å². The van der Waals surface area contributed by atoms with E-state index in [4.69, 9.17) is 4.42 Å². The Labute approximate surface area is 176 Å². The van der Waals surface area contributed by atoms with Gasteiger partial charge in [0.15, 0.2) is 5.43 Å². The Morgan fingerprint density at radius 2 is 1.87 bits per heavy atom. The zero-order chi connectivity index (χ0) is 20.8. The molecule has 5 rings (SSSR count). The van der Waals surface area contributed by atoms with E-state index in [0.29, 0.717) is 28.2 Å². The van der Waals surface area contributed by atoms with Crippen LogP contribution in [0.1, 0.15) is 48.5 Å². The number of carbonyl (C=O) groups is 1. The smallest absolute Gasteiger partial charge is 0.251 e. The molecule has 4 atom stereocenters. The van der Waals surface area contributed by atoms with Crippen LogP contribution in [0, 0.1) is 24.7 Å². The summed E-state index contributed by atoms with van der Waals surface area (Å²) in [6.07, 6.45) is 5.29. The Morgan fingerprint density at radius 3 is 2.57 bits per heavy atom. The van der Waals surface area contributed by atoms with Crippen molar-refractivity contribution in [3.05, 3.63) is 69.9 Å². The van der Waals surface area contributed by atoms with Gasteiger partial charge >= 0.3 is 0 Å². The molecule has 1 heterocycles. The second kappa shape index (κ2) is 7.42. The summed E-state index contributed by atoms with van der Waals surface area (Å²) in [4.78, 5) is 25.2. The van der Waals surface area contributed by atoms with Crippen molar-refractivity contribution in [3.63, 3.8) is 0 Å². The minimum absolute atomic E-state index is 0.0349. The number of aryl methyl sites for hydroxylation is 1. The van der Waals surface area contributed by atoms with Crippen molar-refractivity contribution in [2.24, 2.45) is 17.8 Å². The van der Waals surface area contributed by atoms with Crippen LogP contribution >= 0.6 is 0 Å². The van der Waals surface area contributed by atoms with Crippen LogP contribution in [0.2, 0.25) is 0 Å². The fourth-order valence-corrected chi connectivity index (χ4v) is 5.50. The third-order valence-electron chi connectivity index (χ3n) is 7.11. The van der Waals surface area contributed by atoms with Gasteiger partial charge in [-0.3, -0.25) is 9.59 Å². The number of amides is 1. The van der Waals surface area contributed by atoms with E-state index in [0.717, 1.165) is 23.0 Å². The van der Waals surface area contributed by atoms with E-state index in [9.17, 15) is 9.59 Å². The molecule has 4 nitrogen and oxygen atoms in total. The van der Waals surface area contributed by atoms with Crippen LogP contribution < -0.4 is 10.7 Å². The predicted molar refractivity (Wildman–Crippen MR) is 119 cm³/mol. The van der Waals surface area contributed by atoms with Gasteiger partial charge in [0.05, 0.1) is 5.39 Å². The molecule has 2 bridgehead atoms. The van der Waals surface area contributed by atoms with Gasteiger partial charge < -0.3 is 9.73 Å². The number of nitrogens with one attached hydrogen (secondary N) is 1. The summed E-state index contributed by atoms with van der Waals surface area (Å²) in [5.41, 5.74) is 2.96. The molecule has 1 aromatic heterocycles. The predicted octanol–water partition coefficient (Wildman–Crippen LogP) is 5.32. The van der Waals surface area contributed by atoms with E-state index in [1.165, 1.54) is 31.7 Å². The van der Waals surface area contributed by atoms with Crippen molar-refractivity contribution in [1.82, 2.24) is 5.32 Å². The van der Waals surface area contributed by atoms with Gasteiger partial charge in [-0.15, -0.1) is 0 Å². The van der Waals surface area contributed by atoms with E-state index < -0.39 is 0 Å². The molecule has 1 amide bonds. The van der Waals surface area contributed by atoms with Gasteiger partial charge in [0.1, 0.15) is 11.3 Å². The third kappa shape index (κ3) is 3.45. The normalized spacial score (nSPS) is 23.6. The molecule has 3 aromatic rings. The Kier molecular flexibility index (Phi) is 4.73. The molecule has 4 heteroatoms. The zero-order valence-electron chi connectivity index (χ0n) is 17.5. The molecule has 0 aliphatic heterocycles. The van der Waals surface area contributed by atoms with Crippen LogP contribution in [0.15, 0.2) is 57.7 Å². The van der Waals surface area contributed by atoms with Crippen molar-refractivity contribution < 1.29 is 9.21 Å². The largest absolute Gasteiger partial charge is 0.456 e. The quantitative estimate of drug-likeness (QED) is 0.643. The monoisotopic (exact) mass is 401 g/mol. The van der Waals surface area contributed by atoms with Gasteiger partial charge in [0.2, 0.25) is 0 Å². The highest BCUT2D eigenvalue weighted by Gasteiger charge is 2.42. The molecule has 2 fully saturated rings. The van der Waals surface area contributed by atoms with Crippen LogP contribution in [0.4, 0.5) is 0 Å². The molecule has 2 aliphatic rings. The van der Waals surface area contributed by atoms with Crippen LogP contribution in [0.3, 0.4) is 0 Å². The van der Waals surface area contributed by atoms with E-state index in [1.807, 2.05) is 37.3 Å². The summed E-state index contributed by atoms with van der Waals surface area (Å²) >= 11 is 0. The minimum Gasteiger partial charge on any atom is -0.456 e. The lowest BCUT2D eigenvalue weighted by Gasteiger charge is -2.28. The molecule has 0 spiro atoms. The summed E-state index contributed by atoms with van der Waals surface area (Å²) in [7, 11) is 0. The number of rotatable bonds is 4. The fourth-order valence-electron chi connectivity index (χ4n) is 5.50. The molecular weight excluding hydrogens is 374 g/mol. The molecule has 30 heavy (non-hydrogen) atoms. The summed E-state index contributed by atoms with van der Waals surface area (Å²) in [5.74, 6) is 2.75. The van der Waals surface area contributed by atoms with E-state index in [2.05, 4.69) is 12.2 Å². The summed E-state index contributed by atoms with van der Waals surface area (Å²) in [6, 6.07) is 14.6. The zero-order valence-corrected chi connectivity index (χ0v) is 17.5. The first-order chi connectivity index (χ1) is 14.5. The standard InChI is InChI=1S/C26H27NO3/c1-15-3-10-24-22(11-15)23(28)14-25(30-24)18-6-8-19(9-7-18)26(29)27-16(2)21-13-17-4-5-20(21)12-17/h3,6-11,14,16-17,20-21H,4-5,12-13H2,1-2H3,(H,27,29). The lowest BCUT2D eigenvalue weighted by molar-refractivity contribution is 0.0915. The fraction of sp³-hybridized carbons (Fsp3) is 0.385. The second-order valence-electron chi connectivity index (χ2n) is 9.15. The average Bonchev–Trinajstić information content (AvgIpc) is 3.38. The van der Waals surface area contributed by atoms with Gasteiger partial charge in [-0.1, -0.05) is 30.2 Å². The van der Waals surface area contributed by atoms with Gasteiger partial charge in [-0.25, -0.2) is 0 Å². The topological polar surface area (TPSA) is 59.3 Å². The number of carbonyl (C=O) groups excluding carboxylic acids is 1. The van der Waals surface area contributed by atoms with Crippen molar-refractivity contribution in [2.45, 2.75) is 45.6 Å². The van der Waals surface area contributed by atoms with Crippen molar-refractivity contribution >= 4 is 16.9 Å². The third-order valence-corrected chi connectivity index (χ3v) is 7.11. The van der Waals surface area contributed by atoms with Gasteiger partial charge in [-0.2, -0.15) is 0 Å². The van der Waals surface area contributed by atoms with E-state index >= 15 is 0 Å². The SMILES string of the molecule is Cc1ccc2oc(-c3ccc(C(=O)NC(C)C4CC5CCC4C5)cc3)cc(=O)c2c1. The van der Waals surface area contributed by atoms with Crippen LogP contribution in [-0.4, -0.2) is 11.9 Å². The molecule has 2 aromatic carbocycles. The lowest BCUT2D eigenvalue weighted by atomic mass is 9.84. The molecular formula is C26H27NO3. The van der Waals surface area contributed by atoms with Crippen molar-refractivity contribution in [3.8, 4) is 11.3 Å². The molecule has 154 valence electrons. The van der Waals surface area contributed by atoms with Gasteiger partial charge in [0, 0.05) is 23.2 Å². The second-order valence-corrected chi connectivity index (χ2v) is 9.15. The summed E-state index contributed by atoms with van der Waals surface area (Å²) < 4.78 is 5.94. The Balaban J connectivity index is 1.33. The maximum Gasteiger partial charge on any atom is 0.251 e. The molecule has 4 unspecified atom stereocenters. The first-order valence-corrected chi connectivity index (χ1v) is 10.9. The maximum absolute atomic E-state index is 12.7. The lowest BCUT2D eigenvalue weighted by Crippen LogP contribution is -2.40. The minimum atomic E-state index is -0.0588. The molecule has 2 aliphatic carbocycles. The van der Waals surface area contributed by atoms with Crippen LogP contribution in [0.25, 0.3) is 22.3 Å². The first kappa shape index (κ1) is 19.1. The maximum atomic E-state index is 12.7. The summed E-state index contributed by atoms with van der Waals surface area (Å²) in [6.45, 7) is 4.09. The van der Waals surface area contributed by atoms with Crippen LogP contribution in [-0.2, 0) is 0 Å². The molecule has 2 saturated carbocycles. The highest BCUT2D eigenvalue weighted by molar-refractivity contribution is 5.94. The van der Waals surface area contributed by atoms with Crippen molar-refractivity contribution in [1.29, 1.82) is 0 Å². The molecule has 1 N–H and O–H groups in total.